The molecule has 0 atom stereocenters. The largest absolute Gasteiger partial charge is 0.384 e. The lowest BCUT2D eigenvalue weighted by Gasteiger charge is -2.19. The maximum Gasteiger partial charge on any atom is 0.253 e. The van der Waals surface area contributed by atoms with Gasteiger partial charge in [-0.2, -0.15) is 11.8 Å². The number of aliphatic hydroxyl groups excluding tert-OH is 1. The molecule has 0 aliphatic carbocycles. The Kier molecular flexibility index (Phi) is 5.31. The lowest BCUT2D eigenvalue weighted by molar-refractivity contribution is 0.0768. The van der Waals surface area contributed by atoms with E-state index in [1.165, 1.54) is 0 Å². The molecule has 0 bridgehead atoms. The molecule has 1 aliphatic heterocycles. The first-order chi connectivity index (χ1) is 9.31. The van der Waals surface area contributed by atoms with Crippen LogP contribution in [0, 0.1) is 11.8 Å². The molecular formula is C15H17NO2S. The van der Waals surface area contributed by atoms with Gasteiger partial charge in [-0.25, -0.2) is 0 Å². The molecule has 4 heteroatoms. The molecule has 0 aromatic heterocycles. The molecule has 0 unspecified atom stereocenters. The van der Waals surface area contributed by atoms with Crippen molar-refractivity contribution in [1.82, 2.24) is 4.90 Å². The maximum atomic E-state index is 12.3. The summed E-state index contributed by atoms with van der Waals surface area (Å²) in [6.45, 7) is 1.53. The molecule has 1 aliphatic rings. The monoisotopic (exact) mass is 275 g/mol. The number of aliphatic hydroxyl groups is 1. The van der Waals surface area contributed by atoms with E-state index in [2.05, 4.69) is 11.8 Å². The smallest absolute Gasteiger partial charge is 0.253 e. The Morgan fingerprint density at radius 2 is 2.05 bits per heavy atom. The highest BCUT2D eigenvalue weighted by Gasteiger charge is 2.16. The Hall–Kier alpha value is -1.44. The molecule has 1 fully saturated rings. The second-order valence-corrected chi connectivity index (χ2v) is 5.52. The first kappa shape index (κ1) is 14.0. The molecule has 1 amide bonds. The van der Waals surface area contributed by atoms with Crippen molar-refractivity contribution in [1.29, 1.82) is 0 Å². The molecule has 100 valence electrons. The van der Waals surface area contributed by atoms with Crippen LogP contribution in [0.2, 0.25) is 0 Å². The van der Waals surface area contributed by atoms with Crippen LogP contribution in [0.3, 0.4) is 0 Å². The molecule has 0 radical (unpaired) electrons. The van der Waals surface area contributed by atoms with E-state index in [0.717, 1.165) is 36.6 Å². The number of hydrogen-bond acceptors (Lipinski definition) is 3. The van der Waals surface area contributed by atoms with Crippen molar-refractivity contribution in [3.05, 3.63) is 35.4 Å². The summed E-state index contributed by atoms with van der Waals surface area (Å²) in [5, 5.41) is 8.63. The third-order valence-corrected chi connectivity index (χ3v) is 4.00. The quantitative estimate of drug-likeness (QED) is 0.792. The molecular weight excluding hydrogens is 258 g/mol. The summed E-state index contributed by atoms with van der Waals surface area (Å²) in [5.74, 6) is 7.67. The molecule has 1 aromatic rings. The van der Waals surface area contributed by atoms with Gasteiger partial charge in [-0.15, -0.1) is 0 Å². The maximum absolute atomic E-state index is 12.3. The number of nitrogens with zero attached hydrogens (tertiary/aromatic N) is 1. The average molecular weight is 275 g/mol. The van der Waals surface area contributed by atoms with Crippen LogP contribution in [0.25, 0.3) is 0 Å². The van der Waals surface area contributed by atoms with E-state index in [0.29, 0.717) is 5.56 Å². The van der Waals surface area contributed by atoms with Gasteiger partial charge in [-0.05, 0) is 36.4 Å². The Balaban J connectivity index is 2.06. The van der Waals surface area contributed by atoms with Crippen LogP contribution >= 0.6 is 11.8 Å². The number of rotatable bonds is 1. The van der Waals surface area contributed by atoms with Crippen molar-refractivity contribution in [3.63, 3.8) is 0 Å². The zero-order valence-corrected chi connectivity index (χ0v) is 11.6. The number of thioether (sulfide) groups is 1. The summed E-state index contributed by atoms with van der Waals surface area (Å²) in [6, 6.07) is 7.26. The molecule has 1 aromatic carbocycles. The Labute approximate surface area is 118 Å². The van der Waals surface area contributed by atoms with Gasteiger partial charge < -0.3 is 10.0 Å². The minimum absolute atomic E-state index is 0.101. The van der Waals surface area contributed by atoms with Crippen LogP contribution in [0.4, 0.5) is 0 Å². The van der Waals surface area contributed by atoms with Gasteiger partial charge in [0.2, 0.25) is 0 Å². The highest BCUT2D eigenvalue weighted by Crippen LogP contribution is 2.13. The number of carbonyl (C=O) groups is 1. The van der Waals surface area contributed by atoms with Crippen LogP contribution in [-0.2, 0) is 0 Å². The Morgan fingerprint density at radius 3 is 2.79 bits per heavy atom. The van der Waals surface area contributed by atoms with Gasteiger partial charge in [-0.3, -0.25) is 4.79 Å². The molecule has 1 heterocycles. The standard InChI is InChI=1S/C15H17NO2S/c17-10-1-3-13-4-6-14(7-5-13)15(18)16-8-2-11-19-12-9-16/h4-7,17H,2,8-12H2. The first-order valence-electron chi connectivity index (χ1n) is 6.38. The minimum Gasteiger partial charge on any atom is -0.384 e. The lowest BCUT2D eigenvalue weighted by Crippen LogP contribution is -2.32. The lowest BCUT2D eigenvalue weighted by atomic mass is 10.1. The van der Waals surface area contributed by atoms with Gasteiger partial charge >= 0.3 is 0 Å². The van der Waals surface area contributed by atoms with E-state index in [-0.39, 0.29) is 12.5 Å². The summed E-state index contributed by atoms with van der Waals surface area (Å²) in [6.07, 6.45) is 1.07. The van der Waals surface area contributed by atoms with Gasteiger partial charge in [0.25, 0.3) is 5.91 Å². The summed E-state index contributed by atoms with van der Waals surface area (Å²) in [5.41, 5.74) is 1.53. The van der Waals surface area contributed by atoms with Gasteiger partial charge in [-0.1, -0.05) is 11.8 Å². The van der Waals surface area contributed by atoms with Crippen molar-refractivity contribution in [2.75, 3.05) is 31.2 Å². The minimum atomic E-state index is -0.147. The summed E-state index contributed by atoms with van der Waals surface area (Å²) >= 11 is 1.91. The van der Waals surface area contributed by atoms with Crippen LogP contribution < -0.4 is 0 Å². The number of amides is 1. The average Bonchev–Trinajstić information content (AvgIpc) is 2.74. The van der Waals surface area contributed by atoms with Crippen LogP contribution in [0.1, 0.15) is 22.3 Å². The van der Waals surface area contributed by atoms with E-state index in [9.17, 15) is 4.79 Å². The van der Waals surface area contributed by atoms with Crippen LogP contribution in [-0.4, -0.2) is 47.1 Å². The van der Waals surface area contributed by atoms with Gasteiger partial charge in [0.15, 0.2) is 0 Å². The molecule has 19 heavy (non-hydrogen) atoms. The highest BCUT2D eigenvalue weighted by molar-refractivity contribution is 7.99. The second-order valence-electron chi connectivity index (χ2n) is 4.30. The first-order valence-corrected chi connectivity index (χ1v) is 7.53. The van der Waals surface area contributed by atoms with E-state index in [1.807, 2.05) is 40.9 Å². The zero-order chi connectivity index (χ0) is 13.5. The third-order valence-electron chi connectivity index (χ3n) is 2.95. The van der Waals surface area contributed by atoms with Crippen LogP contribution in [0.5, 0.6) is 0 Å². The van der Waals surface area contributed by atoms with Crippen molar-refractivity contribution < 1.29 is 9.90 Å². The van der Waals surface area contributed by atoms with Gasteiger partial charge in [0, 0.05) is 30.0 Å². The van der Waals surface area contributed by atoms with E-state index < -0.39 is 0 Å². The zero-order valence-electron chi connectivity index (χ0n) is 10.8. The highest BCUT2D eigenvalue weighted by atomic mass is 32.2. The SMILES string of the molecule is O=C(c1ccc(C#CCO)cc1)N1CCCSCC1. The van der Waals surface area contributed by atoms with Gasteiger partial charge in [0.1, 0.15) is 6.61 Å². The molecule has 3 nitrogen and oxygen atoms in total. The summed E-state index contributed by atoms with van der Waals surface area (Å²) in [4.78, 5) is 14.2. The summed E-state index contributed by atoms with van der Waals surface area (Å²) in [7, 11) is 0. The van der Waals surface area contributed by atoms with Crippen LogP contribution in [0.15, 0.2) is 24.3 Å². The topological polar surface area (TPSA) is 40.5 Å². The molecule has 2 rings (SSSR count). The molecule has 0 spiro atoms. The van der Waals surface area contributed by atoms with E-state index in [1.54, 1.807) is 0 Å². The Bertz CT molecular complexity index is 479. The molecule has 1 N–H and O–H groups in total. The molecule has 1 saturated heterocycles. The van der Waals surface area contributed by atoms with Crippen molar-refractivity contribution in [2.45, 2.75) is 6.42 Å². The summed E-state index contributed by atoms with van der Waals surface area (Å²) < 4.78 is 0. The predicted molar refractivity (Wildman–Crippen MR) is 78.3 cm³/mol. The fourth-order valence-electron chi connectivity index (χ4n) is 1.97. The number of benzene rings is 1. The number of hydrogen-bond donors (Lipinski definition) is 1. The van der Waals surface area contributed by atoms with Crippen molar-refractivity contribution in [3.8, 4) is 11.8 Å². The van der Waals surface area contributed by atoms with Gasteiger partial charge in [0.05, 0.1) is 0 Å². The fourth-order valence-corrected chi connectivity index (χ4v) is 2.86. The molecule has 0 saturated carbocycles. The second kappa shape index (κ2) is 7.22. The van der Waals surface area contributed by atoms with Crippen molar-refractivity contribution >= 4 is 17.7 Å². The van der Waals surface area contributed by atoms with E-state index in [4.69, 9.17) is 5.11 Å². The van der Waals surface area contributed by atoms with Crippen molar-refractivity contribution in [2.24, 2.45) is 0 Å². The predicted octanol–water partition coefficient (Wildman–Crippen LogP) is 1.61. The fraction of sp³-hybridized carbons (Fsp3) is 0.400. The Morgan fingerprint density at radius 1 is 1.26 bits per heavy atom. The third kappa shape index (κ3) is 4.02. The van der Waals surface area contributed by atoms with E-state index >= 15 is 0 Å². The normalized spacial score (nSPS) is 15.3. The number of carbonyl (C=O) groups excluding carboxylic acids is 1.